The maximum atomic E-state index is 5.98. The molecule has 160 valence electrons. The molecule has 6 nitrogen and oxygen atoms in total. The first-order valence-electron chi connectivity index (χ1n) is 10.3. The highest BCUT2D eigenvalue weighted by Gasteiger charge is 2.26. The van der Waals surface area contributed by atoms with Gasteiger partial charge < -0.3 is 18.9 Å². The van der Waals surface area contributed by atoms with Gasteiger partial charge in [0.1, 0.15) is 5.71 Å². The van der Waals surface area contributed by atoms with Crippen LogP contribution in [0.3, 0.4) is 0 Å². The Hall–Kier alpha value is -3.02. The molecule has 0 fully saturated rings. The Morgan fingerprint density at radius 1 is 0.833 bits per heavy atom. The average molecular weight is 411 g/mol. The molecule has 0 radical (unpaired) electrons. The van der Waals surface area contributed by atoms with E-state index >= 15 is 0 Å². The number of nitrogens with zero attached hydrogens (tertiary/aromatic N) is 2. The Kier molecular flexibility index (Phi) is 6.98. The first-order valence-corrected chi connectivity index (χ1v) is 10.3. The molecular weight excluding hydrogens is 380 g/mol. The molecule has 0 bridgehead atoms. The maximum Gasteiger partial charge on any atom is 0.161 e. The van der Waals surface area contributed by atoms with Crippen LogP contribution >= 0.6 is 0 Å². The van der Waals surface area contributed by atoms with E-state index < -0.39 is 0 Å². The van der Waals surface area contributed by atoms with Crippen LogP contribution in [0.1, 0.15) is 56.2 Å². The maximum absolute atomic E-state index is 5.98. The van der Waals surface area contributed by atoms with Crippen LogP contribution in [0.2, 0.25) is 0 Å². The zero-order valence-corrected chi connectivity index (χ0v) is 18.6. The van der Waals surface area contributed by atoms with Gasteiger partial charge in [0.15, 0.2) is 23.0 Å². The van der Waals surface area contributed by atoms with Crippen molar-refractivity contribution in [2.45, 2.75) is 39.5 Å². The SMILES string of the molecule is CCCOc1cc2c(cc1OC)C(c1ccc(OC)c(OC)c1)=NN=C(C)C2CC. The average Bonchev–Trinajstić information content (AvgIpc) is 2.91. The van der Waals surface area contributed by atoms with Gasteiger partial charge in [-0.3, -0.25) is 0 Å². The molecule has 2 aromatic rings. The Bertz CT molecular complexity index is 966. The van der Waals surface area contributed by atoms with Crippen molar-refractivity contribution in [3.63, 3.8) is 0 Å². The van der Waals surface area contributed by atoms with Crippen LogP contribution in [0.5, 0.6) is 23.0 Å². The van der Waals surface area contributed by atoms with Crippen molar-refractivity contribution in [1.82, 2.24) is 0 Å². The van der Waals surface area contributed by atoms with Gasteiger partial charge in [0.05, 0.1) is 27.9 Å². The van der Waals surface area contributed by atoms with Crippen LogP contribution in [-0.4, -0.2) is 39.4 Å². The molecule has 2 aromatic carbocycles. The number of methoxy groups -OCH3 is 3. The van der Waals surface area contributed by atoms with Crippen molar-refractivity contribution in [1.29, 1.82) is 0 Å². The first kappa shape index (κ1) is 21.7. The highest BCUT2D eigenvalue weighted by Crippen LogP contribution is 2.39. The van der Waals surface area contributed by atoms with Crippen LogP contribution in [0.25, 0.3) is 0 Å². The van der Waals surface area contributed by atoms with E-state index in [1.807, 2.05) is 31.2 Å². The molecule has 0 saturated carbocycles. The van der Waals surface area contributed by atoms with Crippen molar-refractivity contribution in [3.05, 3.63) is 47.0 Å². The third-order valence-corrected chi connectivity index (χ3v) is 5.31. The summed E-state index contributed by atoms with van der Waals surface area (Å²) in [6, 6.07) is 9.86. The standard InChI is InChI=1S/C24H30N2O4/c1-7-11-30-23-13-18-17(8-2)15(3)25-26-24(19(18)14-22(23)29-6)16-9-10-20(27-4)21(12-16)28-5/h9-10,12-14,17H,7-8,11H2,1-6H3. The fourth-order valence-corrected chi connectivity index (χ4v) is 3.74. The van der Waals surface area contributed by atoms with Gasteiger partial charge in [0.2, 0.25) is 0 Å². The van der Waals surface area contributed by atoms with E-state index in [2.05, 4.69) is 30.1 Å². The lowest BCUT2D eigenvalue weighted by Crippen LogP contribution is -2.13. The van der Waals surface area contributed by atoms with Gasteiger partial charge in [-0.2, -0.15) is 5.10 Å². The first-order chi connectivity index (χ1) is 14.6. The van der Waals surface area contributed by atoms with Crippen molar-refractivity contribution in [2.75, 3.05) is 27.9 Å². The van der Waals surface area contributed by atoms with Crippen molar-refractivity contribution in [3.8, 4) is 23.0 Å². The van der Waals surface area contributed by atoms with Gasteiger partial charge in [0, 0.05) is 22.8 Å². The van der Waals surface area contributed by atoms with Crippen molar-refractivity contribution in [2.24, 2.45) is 10.2 Å². The second kappa shape index (κ2) is 9.65. The summed E-state index contributed by atoms with van der Waals surface area (Å²) in [4.78, 5) is 0. The highest BCUT2D eigenvalue weighted by molar-refractivity contribution is 6.16. The molecule has 6 heteroatoms. The fraction of sp³-hybridized carbons (Fsp3) is 0.417. The summed E-state index contributed by atoms with van der Waals surface area (Å²) in [5.41, 5.74) is 4.75. The molecule has 0 amide bonds. The van der Waals surface area contributed by atoms with Gasteiger partial charge >= 0.3 is 0 Å². The minimum atomic E-state index is 0.149. The van der Waals surface area contributed by atoms with E-state index in [1.54, 1.807) is 21.3 Å². The van der Waals surface area contributed by atoms with E-state index in [0.29, 0.717) is 23.9 Å². The molecule has 1 heterocycles. The van der Waals surface area contributed by atoms with Crippen molar-refractivity contribution < 1.29 is 18.9 Å². The summed E-state index contributed by atoms with van der Waals surface area (Å²) in [7, 11) is 4.90. The molecule has 0 spiro atoms. The van der Waals surface area contributed by atoms with Gasteiger partial charge in [-0.05, 0) is 55.7 Å². The Labute approximate surface area is 178 Å². The molecule has 1 atom stereocenters. The van der Waals surface area contributed by atoms with Crippen LogP contribution in [0, 0.1) is 0 Å². The summed E-state index contributed by atoms with van der Waals surface area (Å²) in [5, 5.41) is 9.17. The van der Waals surface area contributed by atoms with Gasteiger partial charge in [-0.25, -0.2) is 0 Å². The molecule has 0 aromatic heterocycles. The molecule has 0 aliphatic carbocycles. The van der Waals surface area contributed by atoms with Gasteiger partial charge in [-0.15, -0.1) is 5.10 Å². The minimum Gasteiger partial charge on any atom is -0.493 e. The van der Waals surface area contributed by atoms with Crippen LogP contribution < -0.4 is 18.9 Å². The van der Waals surface area contributed by atoms with Crippen molar-refractivity contribution >= 4 is 11.4 Å². The van der Waals surface area contributed by atoms with E-state index in [9.17, 15) is 0 Å². The van der Waals surface area contributed by atoms with Gasteiger partial charge in [0.25, 0.3) is 0 Å². The second-order valence-electron chi connectivity index (χ2n) is 7.16. The zero-order valence-electron chi connectivity index (χ0n) is 18.6. The largest absolute Gasteiger partial charge is 0.493 e. The van der Waals surface area contributed by atoms with Crippen LogP contribution in [-0.2, 0) is 0 Å². The lowest BCUT2D eigenvalue weighted by molar-refractivity contribution is 0.294. The third-order valence-electron chi connectivity index (χ3n) is 5.31. The molecule has 0 saturated heterocycles. The Morgan fingerprint density at radius 2 is 1.53 bits per heavy atom. The Balaban J connectivity index is 2.22. The summed E-state index contributed by atoms with van der Waals surface area (Å²) in [5.74, 6) is 2.90. The number of ether oxygens (including phenoxy) is 4. The molecule has 3 rings (SSSR count). The molecule has 1 aliphatic rings. The highest BCUT2D eigenvalue weighted by atomic mass is 16.5. The topological polar surface area (TPSA) is 61.6 Å². The second-order valence-corrected chi connectivity index (χ2v) is 7.16. The Morgan fingerprint density at radius 3 is 2.17 bits per heavy atom. The lowest BCUT2D eigenvalue weighted by Gasteiger charge is -2.21. The summed E-state index contributed by atoms with van der Waals surface area (Å²) in [6.45, 7) is 6.90. The van der Waals surface area contributed by atoms with E-state index in [1.165, 1.54) is 0 Å². The minimum absolute atomic E-state index is 0.149. The quantitative estimate of drug-likeness (QED) is 0.598. The lowest BCUT2D eigenvalue weighted by atomic mass is 9.85. The number of rotatable bonds is 8. The number of hydrogen-bond acceptors (Lipinski definition) is 6. The fourth-order valence-electron chi connectivity index (χ4n) is 3.74. The zero-order chi connectivity index (χ0) is 21.7. The number of hydrogen-bond donors (Lipinski definition) is 0. The predicted octanol–water partition coefficient (Wildman–Crippen LogP) is 5.22. The number of benzene rings is 2. The molecular formula is C24H30N2O4. The van der Waals surface area contributed by atoms with Crippen LogP contribution in [0.4, 0.5) is 0 Å². The monoisotopic (exact) mass is 410 g/mol. The van der Waals surface area contributed by atoms with E-state index in [0.717, 1.165) is 46.7 Å². The molecule has 1 aliphatic heterocycles. The molecule has 0 N–H and O–H groups in total. The normalized spacial score (nSPS) is 15.5. The molecule has 1 unspecified atom stereocenters. The summed E-state index contributed by atoms with van der Waals surface area (Å²) >= 11 is 0. The summed E-state index contributed by atoms with van der Waals surface area (Å²) < 4.78 is 22.5. The summed E-state index contributed by atoms with van der Waals surface area (Å²) in [6.07, 6.45) is 1.84. The molecule has 30 heavy (non-hydrogen) atoms. The predicted molar refractivity (Wildman–Crippen MR) is 120 cm³/mol. The van der Waals surface area contributed by atoms with E-state index in [-0.39, 0.29) is 5.92 Å². The van der Waals surface area contributed by atoms with Crippen LogP contribution in [0.15, 0.2) is 40.5 Å². The van der Waals surface area contributed by atoms with Gasteiger partial charge in [-0.1, -0.05) is 13.8 Å². The van der Waals surface area contributed by atoms with E-state index in [4.69, 9.17) is 18.9 Å². The smallest absolute Gasteiger partial charge is 0.161 e. The third kappa shape index (κ3) is 4.13. The number of fused-ring (bicyclic) bond motifs is 1.